The lowest BCUT2D eigenvalue weighted by atomic mass is 10.0. The van der Waals surface area contributed by atoms with Crippen molar-refractivity contribution in [2.45, 2.75) is 19.4 Å². The maximum atomic E-state index is 13.4. The van der Waals surface area contributed by atoms with Gasteiger partial charge in [0.2, 0.25) is 5.95 Å². The molecule has 10 nitrogen and oxygen atoms in total. The van der Waals surface area contributed by atoms with Gasteiger partial charge in [-0.2, -0.15) is 0 Å². The van der Waals surface area contributed by atoms with Crippen LogP contribution in [0.1, 0.15) is 22.6 Å². The molecule has 1 atom stereocenters. The largest absolute Gasteiger partial charge is 0.489 e. The maximum absolute atomic E-state index is 13.4. The third-order valence-electron chi connectivity index (χ3n) is 8.55. The number of aryl methyl sites for hydroxylation is 1. The molecule has 0 radical (unpaired) electrons. The van der Waals surface area contributed by atoms with E-state index >= 15 is 0 Å². The number of anilines is 4. The summed E-state index contributed by atoms with van der Waals surface area (Å²) in [5, 5.41) is 2.80. The zero-order chi connectivity index (χ0) is 28.8. The third-order valence-corrected chi connectivity index (χ3v) is 8.55. The Kier molecular flexibility index (Phi) is 6.53. The van der Waals surface area contributed by atoms with Gasteiger partial charge in [0.05, 0.1) is 29.8 Å². The van der Waals surface area contributed by atoms with Crippen molar-refractivity contribution in [2.75, 3.05) is 59.3 Å². The number of piperazine rings is 1. The van der Waals surface area contributed by atoms with E-state index in [1.807, 2.05) is 67.8 Å². The number of carbonyl (C=O) groups excluding carboxylic acids is 2. The molecule has 0 bridgehead atoms. The molecule has 4 aromatic rings. The lowest BCUT2D eigenvalue weighted by Gasteiger charge is -2.45. The molecule has 42 heavy (non-hydrogen) atoms. The van der Waals surface area contributed by atoms with E-state index in [-0.39, 0.29) is 6.04 Å². The molecule has 1 amide bonds. The van der Waals surface area contributed by atoms with Crippen molar-refractivity contribution >= 4 is 34.7 Å². The summed E-state index contributed by atoms with van der Waals surface area (Å²) in [6.45, 7) is 6.94. The minimum atomic E-state index is -0.684. The normalized spacial score (nSPS) is 17.6. The predicted octanol–water partition coefficient (Wildman–Crippen LogP) is 3.91. The first-order chi connectivity index (χ1) is 20.5. The van der Waals surface area contributed by atoms with E-state index in [4.69, 9.17) is 4.74 Å². The minimum Gasteiger partial charge on any atom is -0.489 e. The summed E-state index contributed by atoms with van der Waals surface area (Å²) in [5.74, 6) is 0.172. The second-order valence-electron chi connectivity index (χ2n) is 11.1. The number of ether oxygens (including phenoxy) is 1. The highest BCUT2D eigenvalue weighted by molar-refractivity contribution is 6.47. The summed E-state index contributed by atoms with van der Waals surface area (Å²) in [6.07, 6.45) is 5.06. The predicted molar refractivity (Wildman–Crippen MR) is 163 cm³/mol. The van der Waals surface area contributed by atoms with Gasteiger partial charge in [-0.25, -0.2) is 9.97 Å². The number of ketones is 1. The summed E-state index contributed by atoms with van der Waals surface area (Å²) >= 11 is 0. The van der Waals surface area contributed by atoms with E-state index in [2.05, 4.69) is 30.0 Å². The van der Waals surface area contributed by atoms with Gasteiger partial charge in [0.25, 0.3) is 11.7 Å². The zero-order valence-electron chi connectivity index (χ0n) is 23.8. The van der Waals surface area contributed by atoms with Gasteiger partial charge in [-0.3, -0.25) is 9.59 Å². The van der Waals surface area contributed by atoms with Crippen LogP contribution >= 0.6 is 0 Å². The molecular formula is C32H33N7O3. The third kappa shape index (κ3) is 4.62. The number of amides is 1. The molecule has 3 aliphatic heterocycles. The van der Waals surface area contributed by atoms with Crippen molar-refractivity contribution in [1.82, 2.24) is 14.5 Å². The number of hydrogen-bond acceptors (Lipinski definition) is 8. The molecule has 0 saturated carbocycles. The molecule has 0 aliphatic carbocycles. The van der Waals surface area contributed by atoms with Crippen LogP contribution in [0.5, 0.6) is 5.75 Å². The van der Waals surface area contributed by atoms with Gasteiger partial charge in [0, 0.05) is 62.8 Å². The van der Waals surface area contributed by atoms with Crippen LogP contribution in [-0.4, -0.2) is 71.6 Å². The van der Waals surface area contributed by atoms with Crippen molar-refractivity contribution in [3.05, 3.63) is 78.4 Å². The SMILES string of the molecule is Cc1cc(-c2ccccc2)c(C(=O)C(=O)Nc2ccc3c(c2)OCC2CN(c4ncc(N5CCC5)cn4)CCN32)n1C. The summed E-state index contributed by atoms with van der Waals surface area (Å²) in [7, 11) is 1.81. The molecular weight excluding hydrogens is 530 g/mol. The van der Waals surface area contributed by atoms with Crippen molar-refractivity contribution in [3.8, 4) is 16.9 Å². The van der Waals surface area contributed by atoms with Crippen molar-refractivity contribution in [3.63, 3.8) is 0 Å². The highest BCUT2D eigenvalue weighted by Gasteiger charge is 2.34. The van der Waals surface area contributed by atoms with Crippen LogP contribution in [0.4, 0.5) is 23.0 Å². The summed E-state index contributed by atoms with van der Waals surface area (Å²) < 4.78 is 7.93. The maximum Gasteiger partial charge on any atom is 0.298 e. The van der Waals surface area contributed by atoms with E-state index in [0.717, 1.165) is 66.9 Å². The summed E-state index contributed by atoms with van der Waals surface area (Å²) in [6, 6.07) is 17.3. The average Bonchev–Trinajstić information content (AvgIpc) is 3.29. The number of Topliss-reactive ketones (excluding diaryl/α,β-unsaturated/α-hetero) is 1. The van der Waals surface area contributed by atoms with Gasteiger partial charge < -0.3 is 29.3 Å². The molecule has 214 valence electrons. The zero-order valence-corrected chi connectivity index (χ0v) is 23.8. The first-order valence-electron chi connectivity index (χ1n) is 14.4. The van der Waals surface area contributed by atoms with Gasteiger partial charge in [0.15, 0.2) is 0 Å². The molecule has 2 fully saturated rings. The molecule has 2 aromatic heterocycles. The molecule has 2 saturated heterocycles. The number of benzene rings is 2. The number of rotatable bonds is 6. The molecule has 3 aliphatic rings. The lowest BCUT2D eigenvalue weighted by molar-refractivity contribution is -0.112. The Labute approximate surface area is 244 Å². The van der Waals surface area contributed by atoms with Gasteiger partial charge in [-0.05, 0) is 37.1 Å². The van der Waals surface area contributed by atoms with Crippen LogP contribution < -0.4 is 24.8 Å². The summed E-state index contributed by atoms with van der Waals surface area (Å²) in [5.41, 5.74) is 5.48. The molecule has 5 heterocycles. The van der Waals surface area contributed by atoms with E-state index in [1.54, 1.807) is 17.7 Å². The van der Waals surface area contributed by atoms with Gasteiger partial charge in [-0.1, -0.05) is 30.3 Å². The second kappa shape index (κ2) is 10.5. The van der Waals surface area contributed by atoms with Gasteiger partial charge >= 0.3 is 0 Å². The Hall–Kier alpha value is -4.86. The molecule has 2 aromatic carbocycles. The van der Waals surface area contributed by atoms with Crippen LogP contribution in [0.15, 0.2) is 67.0 Å². The number of hydrogen-bond donors (Lipinski definition) is 1. The average molecular weight is 564 g/mol. The number of nitrogens with one attached hydrogen (secondary N) is 1. The number of aromatic nitrogens is 3. The fourth-order valence-electron chi connectivity index (χ4n) is 5.98. The van der Waals surface area contributed by atoms with Crippen molar-refractivity contribution < 1.29 is 14.3 Å². The standard InChI is InChI=1S/C32H33N7O3/c1-21-15-26(22-7-4-3-5-8-22)29(36(21)2)30(40)31(41)35-23-9-10-27-28(16-23)42-20-25-19-38(13-14-39(25)27)32-33-17-24(18-34-32)37-11-6-12-37/h3-5,7-10,15-18,25H,6,11-14,19-20H2,1-2H3,(H,35,41). The number of carbonyl (C=O) groups is 2. The first kappa shape index (κ1) is 26.1. The Bertz CT molecular complexity index is 1650. The van der Waals surface area contributed by atoms with Crippen LogP contribution in [0.3, 0.4) is 0 Å². The Morgan fingerprint density at radius 1 is 0.952 bits per heavy atom. The van der Waals surface area contributed by atoms with E-state index in [0.29, 0.717) is 23.7 Å². The molecule has 1 N–H and O–H groups in total. The minimum absolute atomic E-state index is 0.156. The fourth-order valence-corrected chi connectivity index (χ4v) is 5.98. The molecule has 1 unspecified atom stereocenters. The summed E-state index contributed by atoms with van der Waals surface area (Å²) in [4.78, 5) is 42.7. The van der Waals surface area contributed by atoms with Crippen molar-refractivity contribution in [2.24, 2.45) is 7.05 Å². The Balaban J connectivity index is 1.04. The van der Waals surface area contributed by atoms with Crippen LogP contribution in [0.2, 0.25) is 0 Å². The highest BCUT2D eigenvalue weighted by Crippen LogP contribution is 2.38. The Morgan fingerprint density at radius 2 is 1.74 bits per heavy atom. The molecule has 10 heteroatoms. The highest BCUT2D eigenvalue weighted by atomic mass is 16.5. The molecule has 7 rings (SSSR count). The monoisotopic (exact) mass is 563 g/mol. The van der Waals surface area contributed by atoms with E-state index in [9.17, 15) is 9.59 Å². The van der Waals surface area contributed by atoms with E-state index in [1.165, 1.54) is 6.42 Å². The second-order valence-corrected chi connectivity index (χ2v) is 11.1. The van der Waals surface area contributed by atoms with Crippen molar-refractivity contribution in [1.29, 1.82) is 0 Å². The lowest BCUT2D eigenvalue weighted by Crippen LogP contribution is -2.57. The van der Waals surface area contributed by atoms with Gasteiger partial charge in [-0.15, -0.1) is 0 Å². The van der Waals surface area contributed by atoms with Gasteiger partial charge in [0.1, 0.15) is 18.1 Å². The van der Waals surface area contributed by atoms with E-state index < -0.39 is 11.7 Å². The number of fused-ring (bicyclic) bond motifs is 3. The molecule has 0 spiro atoms. The fraction of sp³-hybridized carbons (Fsp3) is 0.312. The number of nitrogens with zero attached hydrogens (tertiary/aromatic N) is 6. The quantitative estimate of drug-likeness (QED) is 0.279. The van der Waals surface area contributed by atoms with Crippen LogP contribution in [-0.2, 0) is 11.8 Å². The van der Waals surface area contributed by atoms with Crippen LogP contribution in [0.25, 0.3) is 11.1 Å². The first-order valence-corrected chi connectivity index (χ1v) is 14.4. The smallest absolute Gasteiger partial charge is 0.298 e. The Morgan fingerprint density at radius 3 is 2.48 bits per heavy atom. The topological polar surface area (TPSA) is 95.8 Å². The van der Waals surface area contributed by atoms with Crippen LogP contribution in [0, 0.1) is 6.92 Å².